The minimum Gasteiger partial charge on any atom is -0.493 e. The van der Waals surface area contributed by atoms with E-state index in [0.717, 1.165) is 0 Å². The lowest BCUT2D eigenvalue weighted by Crippen LogP contribution is -2.32. The quantitative estimate of drug-likeness (QED) is 0.124. The Morgan fingerprint density at radius 1 is 0.946 bits per heavy atom. The Hall–Kier alpha value is -5.57. The van der Waals surface area contributed by atoms with Gasteiger partial charge in [0.25, 0.3) is 5.69 Å². The maximum absolute atomic E-state index is 12.4. The molecule has 2 N–H and O–H groups in total. The predicted molar refractivity (Wildman–Crippen MR) is 131 cm³/mol. The largest absolute Gasteiger partial charge is 0.493 e. The molecule has 12 heteroatoms. The first kappa shape index (κ1) is 26.0. The maximum Gasteiger partial charge on any atom is 0.343 e. The van der Waals surface area contributed by atoms with Crippen molar-refractivity contribution in [2.75, 3.05) is 12.4 Å². The minimum atomic E-state index is -1.01. The van der Waals surface area contributed by atoms with Gasteiger partial charge < -0.3 is 14.8 Å². The van der Waals surface area contributed by atoms with E-state index in [1.165, 1.54) is 67.8 Å². The van der Waals surface area contributed by atoms with E-state index in [9.17, 15) is 24.5 Å². The number of hydrogen-bond donors (Lipinski definition) is 2. The van der Waals surface area contributed by atoms with Gasteiger partial charge in [0.1, 0.15) is 0 Å². The van der Waals surface area contributed by atoms with E-state index in [-0.39, 0.29) is 22.7 Å². The molecular formula is C25H19N5O7. The van der Waals surface area contributed by atoms with E-state index >= 15 is 0 Å². The molecule has 0 aliphatic rings. The maximum atomic E-state index is 12.4. The number of carbonyl (C=O) groups is 3. The van der Waals surface area contributed by atoms with Gasteiger partial charge in [-0.1, -0.05) is 0 Å². The lowest BCUT2D eigenvalue weighted by molar-refractivity contribution is -0.384. The Kier molecular flexibility index (Phi) is 8.25. The van der Waals surface area contributed by atoms with Gasteiger partial charge in [0.05, 0.1) is 34.9 Å². The first-order valence-corrected chi connectivity index (χ1v) is 10.5. The van der Waals surface area contributed by atoms with E-state index < -0.39 is 22.7 Å². The van der Waals surface area contributed by atoms with E-state index in [0.29, 0.717) is 22.5 Å². The molecule has 0 saturated carbocycles. The van der Waals surface area contributed by atoms with Gasteiger partial charge in [-0.3, -0.25) is 19.7 Å². The second kappa shape index (κ2) is 11.7. The van der Waals surface area contributed by atoms with Gasteiger partial charge in [-0.05, 0) is 61.5 Å². The van der Waals surface area contributed by atoms with Gasteiger partial charge in [-0.2, -0.15) is 10.4 Å². The summed E-state index contributed by atoms with van der Waals surface area (Å²) in [5.74, 6) is -2.43. The van der Waals surface area contributed by atoms with Crippen molar-refractivity contribution in [3.05, 3.63) is 93.5 Å². The van der Waals surface area contributed by atoms with Crippen LogP contribution in [0.1, 0.15) is 28.4 Å². The zero-order valence-electron chi connectivity index (χ0n) is 19.6. The lowest BCUT2D eigenvalue weighted by Gasteiger charge is -2.11. The summed E-state index contributed by atoms with van der Waals surface area (Å²) in [5, 5.41) is 25.9. The van der Waals surface area contributed by atoms with Crippen LogP contribution < -0.4 is 20.2 Å². The zero-order valence-corrected chi connectivity index (χ0v) is 19.6. The van der Waals surface area contributed by atoms with Crippen LogP contribution in [0, 0.1) is 21.4 Å². The van der Waals surface area contributed by atoms with Gasteiger partial charge >= 0.3 is 17.8 Å². The van der Waals surface area contributed by atoms with Gasteiger partial charge in [0, 0.05) is 23.4 Å². The van der Waals surface area contributed by atoms with Crippen molar-refractivity contribution in [3.8, 4) is 17.6 Å². The monoisotopic (exact) mass is 501 g/mol. The van der Waals surface area contributed by atoms with Crippen molar-refractivity contribution < 1.29 is 28.8 Å². The average Bonchev–Trinajstić information content (AvgIpc) is 2.92. The molecule has 0 radical (unpaired) electrons. The molecule has 186 valence electrons. The molecule has 0 heterocycles. The average molecular weight is 501 g/mol. The third-order valence-corrected chi connectivity index (χ3v) is 4.90. The van der Waals surface area contributed by atoms with Crippen LogP contribution in [0.2, 0.25) is 0 Å². The Morgan fingerprint density at radius 2 is 1.59 bits per heavy atom. The molecule has 37 heavy (non-hydrogen) atoms. The van der Waals surface area contributed by atoms with Gasteiger partial charge in [0.15, 0.2) is 11.5 Å². The van der Waals surface area contributed by atoms with Gasteiger partial charge in [-0.25, -0.2) is 10.2 Å². The number of benzene rings is 3. The molecule has 0 aromatic heterocycles. The highest BCUT2D eigenvalue weighted by Gasteiger charge is 2.16. The molecular weight excluding hydrogens is 482 g/mol. The third-order valence-electron chi connectivity index (χ3n) is 4.90. The molecule has 3 aromatic carbocycles. The molecule has 3 aromatic rings. The van der Waals surface area contributed by atoms with Gasteiger partial charge in [-0.15, -0.1) is 0 Å². The third kappa shape index (κ3) is 6.74. The standard InChI is InChI=1S/C25H19N5O7/c1-15(28-29-24(32)23(31)27-19-8-3-16(14-26)4-9-19)18-7-12-21(22(13-18)36-2)37-25(33)17-5-10-20(11-6-17)30(34)35/h3-13H,1-2H3,(H,27,31)(H,29,32)/b28-15+. The number of rotatable bonds is 7. The number of hydrogen-bond acceptors (Lipinski definition) is 9. The molecule has 0 aliphatic heterocycles. The number of nitro groups is 1. The number of nitrogens with zero attached hydrogens (tertiary/aromatic N) is 3. The summed E-state index contributed by atoms with van der Waals surface area (Å²) < 4.78 is 10.6. The van der Waals surface area contributed by atoms with E-state index in [2.05, 4.69) is 15.8 Å². The lowest BCUT2D eigenvalue weighted by atomic mass is 10.1. The minimum absolute atomic E-state index is 0.0910. The first-order valence-electron chi connectivity index (χ1n) is 10.5. The van der Waals surface area contributed by atoms with Crippen LogP contribution in [0.25, 0.3) is 0 Å². The Balaban J connectivity index is 1.65. The molecule has 2 amide bonds. The van der Waals surface area contributed by atoms with Crippen LogP contribution in [0.3, 0.4) is 0 Å². The normalized spacial score (nSPS) is 10.6. The summed E-state index contributed by atoms with van der Waals surface area (Å²) in [4.78, 5) is 46.8. The Morgan fingerprint density at radius 3 is 2.19 bits per heavy atom. The Bertz CT molecular complexity index is 1430. The Labute approximate surface area is 210 Å². The molecule has 12 nitrogen and oxygen atoms in total. The number of hydrazone groups is 1. The highest BCUT2D eigenvalue weighted by atomic mass is 16.6. The SMILES string of the molecule is COc1cc(/C(C)=N/NC(=O)C(=O)Nc2ccc(C#N)cc2)ccc1OC(=O)c1ccc([N+](=O)[O-])cc1. The highest BCUT2D eigenvalue weighted by molar-refractivity contribution is 6.39. The van der Waals surface area contributed by atoms with Crippen molar-refractivity contribution in [2.24, 2.45) is 5.10 Å². The number of nitriles is 1. The second-order valence-electron chi connectivity index (χ2n) is 7.34. The summed E-state index contributed by atoms with van der Waals surface area (Å²) in [6.45, 7) is 1.58. The van der Waals surface area contributed by atoms with E-state index in [1.807, 2.05) is 6.07 Å². The summed E-state index contributed by atoms with van der Waals surface area (Å²) in [5.41, 5.74) is 3.67. The van der Waals surface area contributed by atoms with Gasteiger partial charge in [0.2, 0.25) is 0 Å². The fourth-order valence-corrected chi connectivity index (χ4v) is 2.92. The molecule has 3 rings (SSSR count). The number of methoxy groups -OCH3 is 1. The van der Waals surface area contributed by atoms with Crippen molar-refractivity contribution in [3.63, 3.8) is 0 Å². The van der Waals surface area contributed by atoms with Crippen molar-refractivity contribution in [1.82, 2.24) is 5.43 Å². The molecule has 0 atom stereocenters. The summed E-state index contributed by atoms with van der Waals surface area (Å²) in [7, 11) is 1.37. The predicted octanol–water partition coefficient (Wildman–Crippen LogP) is 3.17. The van der Waals surface area contributed by atoms with Crippen molar-refractivity contribution >= 4 is 34.9 Å². The fraction of sp³-hybridized carbons (Fsp3) is 0.0800. The molecule has 0 saturated heterocycles. The topological polar surface area (TPSA) is 173 Å². The molecule has 0 spiro atoms. The van der Waals surface area contributed by atoms with E-state index in [4.69, 9.17) is 14.7 Å². The number of non-ortho nitro benzene ring substituents is 1. The summed E-state index contributed by atoms with van der Waals surface area (Å²) in [6, 6.07) is 17.4. The number of anilines is 1. The van der Waals surface area contributed by atoms with E-state index in [1.54, 1.807) is 13.0 Å². The van der Waals surface area contributed by atoms with Crippen LogP contribution in [-0.4, -0.2) is 35.5 Å². The van der Waals surface area contributed by atoms with Crippen LogP contribution in [0.4, 0.5) is 11.4 Å². The van der Waals surface area contributed by atoms with Crippen LogP contribution >= 0.6 is 0 Å². The molecule has 0 aliphatic carbocycles. The number of amides is 2. The zero-order chi connectivity index (χ0) is 26.9. The molecule has 0 bridgehead atoms. The number of ether oxygens (including phenoxy) is 2. The number of nitrogens with one attached hydrogen (secondary N) is 2. The van der Waals surface area contributed by atoms with Crippen LogP contribution in [-0.2, 0) is 9.59 Å². The molecule has 0 fully saturated rings. The summed E-state index contributed by atoms with van der Waals surface area (Å²) in [6.07, 6.45) is 0. The smallest absolute Gasteiger partial charge is 0.343 e. The van der Waals surface area contributed by atoms with Crippen molar-refractivity contribution in [1.29, 1.82) is 5.26 Å². The molecule has 0 unspecified atom stereocenters. The van der Waals surface area contributed by atoms with Crippen LogP contribution in [0.5, 0.6) is 11.5 Å². The summed E-state index contributed by atoms with van der Waals surface area (Å²) >= 11 is 0. The number of esters is 1. The highest BCUT2D eigenvalue weighted by Crippen LogP contribution is 2.29. The number of carbonyl (C=O) groups excluding carboxylic acids is 3. The first-order chi connectivity index (χ1) is 17.7. The van der Waals surface area contributed by atoms with Crippen molar-refractivity contribution in [2.45, 2.75) is 6.92 Å². The van der Waals surface area contributed by atoms with Crippen LogP contribution in [0.15, 0.2) is 71.8 Å². The fourth-order valence-electron chi connectivity index (χ4n) is 2.92. The number of nitro benzene ring substituents is 1. The second-order valence-corrected chi connectivity index (χ2v) is 7.34.